The molecule has 156 valence electrons. The highest BCUT2D eigenvalue weighted by molar-refractivity contribution is 5.98. The summed E-state index contributed by atoms with van der Waals surface area (Å²) in [4.78, 5) is 12.9. The standard InChI is InChI=1S/C22H21F2N3O3/c1-12(15-8-10-16(11-9-15)14(3)28)25-21(29)19-13(2)26-27(4)22(19)30-18-7-5-6-17(23)20(18)24/h5-12,28H,3H2,1-2,4H3,(H,25,29)/t12-/m0/s1. The van der Waals surface area contributed by atoms with Gasteiger partial charge in [-0.15, -0.1) is 0 Å². The summed E-state index contributed by atoms with van der Waals surface area (Å²) in [5.74, 6) is -3.08. The molecule has 0 spiro atoms. The molecule has 3 aromatic rings. The van der Waals surface area contributed by atoms with Crippen molar-refractivity contribution in [2.24, 2.45) is 7.05 Å². The van der Waals surface area contributed by atoms with Crippen LogP contribution in [-0.2, 0) is 7.05 Å². The number of aliphatic hydroxyl groups excluding tert-OH is 1. The number of aryl methyl sites for hydroxylation is 2. The van der Waals surface area contributed by atoms with Gasteiger partial charge in [0, 0.05) is 12.6 Å². The van der Waals surface area contributed by atoms with Crippen LogP contribution in [0.25, 0.3) is 5.76 Å². The number of benzene rings is 2. The molecule has 2 N–H and O–H groups in total. The largest absolute Gasteiger partial charge is 0.508 e. The van der Waals surface area contributed by atoms with Gasteiger partial charge in [-0.05, 0) is 31.5 Å². The van der Waals surface area contributed by atoms with Crippen LogP contribution in [0.15, 0.2) is 49.0 Å². The number of nitrogens with one attached hydrogen (secondary N) is 1. The number of amides is 1. The molecule has 30 heavy (non-hydrogen) atoms. The first-order chi connectivity index (χ1) is 14.2. The lowest BCUT2D eigenvalue weighted by Gasteiger charge is -2.16. The molecule has 1 heterocycles. The van der Waals surface area contributed by atoms with Crippen molar-refractivity contribution in [3.8, 4) is 11.6 Å². The number of rotatable bonds is 6. The van der Waals surface area contributed by atoms with Crippen molar-refractivity contribution < 1.29 is 23.4 Å². The minimum Gasteiger partial charge on any atom is -0.508 e. The van der Waals surface area contributed by atoms with Gasteiger partial charge < -0.3 is 15.2 Å². The molecule has 2 aromatic carbocycles. The van der Waals surface area contributed by atoms with Crippen molar-refractivity contribution in [2.45, 2.75) is 19.9 Å². The number of aliphatic hydroxyl groups is 1. The second kappa shape index (κ2) is 8.36. The van der Waals surface area contributed by atoms with Crippen LogP contribution in [0, 0.1) is 18.6 Å². The predicted octanol–water partition coefficient (Wildman–Crippen LogP) is 4.82. The summed E-state index contributed by atoms with van der Waals surface area (Å²) in [6.45, 7) is 6.88. The van der Waals surface area contributed by atoms with E-state index in [9.17, 15) is 18.7 Å². The fourth-order valence-corrected chi connectivity index (χ4v) is 3.00. The second-order valence-electron chi connectivity index (χ2n) is 6.81. The van der Waals surface area contributed by atoms with Gasteiger partial charge in [-0.3, -0.25) is 4.79 Å². The Morgan fingerprint density at radius 3 is 2.53 bits per heavy atom. The van der Waals surface area contributed by atoms with E-state index in [2.05, 4.69) is 17.0 Å². The molecular formula is C22H21F2N3O3. The first-order valence-electron chi connectivity index (χ1n) is 9.13. The minimum atomic E-state index is -1.15. The lowest BCUT2D eigenvalue weighted by Crippen LogP contribution is -2.27. The normalized spacial score (nSPS) is 11.8. The van der Waals surface area contributed by atoms with E-state index < -0.39 is 17.5 Å². The zero-order valence-corrected chi connectivity index (χ0v) is 16.7. The van der Waals surface area contributed by atoms with Gasteiger partial charge in [0.05, 0.1) is 11.7 Å². The summed E-state index contributed by atoms with van der Waals surface area (Å²) >= 11 is 0. The van der Waals surface area contributed by atoms with Gasteiger partial charge in [0.1, 0.15) is 11.3 Å². The molecule has 8 heteroatoms. The van der Waals surface area contributed by atoms with E-state index in [-0.39, 0.29) is 29.0 Å². The van der Waals surface area contributed by atoms with Crippen LogP contribution >= 0.6 is 0 Å². The first-order valence-corrected chi connectivity index (χ1v) is 9.13. The molecule has 3 rings (SSSR count). The molecule has 6 nitrogen and oxygen atoms in total. The van der Waals surface area contributed by atoms with Gasteiger partial charge in [0.2, 0.25) is 11.7 Å². The fourth-order valence-electron chi connectivity index (χ4n) is 3.00. The number of ether oxygens (including phenoxy) is 1. The molecule has 1 atom stereocenters. The summed E-state index contributed by atoms with van der Waals surface area (Å²) in [6, 6.07) is 10.1. The molecule has 1 amide bonds. The highest BCUT2D eigenvalue weighted by atomic mass is 19.2. The average Bonchev–Trinajstić information content (AvgIpc) is 2.98. The number of hydrogen-bond acceptors (Lipinski definition) is 4. The van der Waals surface area contributed by atoms with Crippen molar-refractivity contribution in [1.29, 1.82) is 0 Å². The third kappa shape index (κ3) is 4.17. The van der Waals surface area contributed by atoms with E-state index in [0.717, 1.165) is 11.6 Å². The molecule has 0 aliphatic heterocycles. The highest BCUT2D eigenvalue weighted by Gasteiger charge is 2.25. The van der Waals surface area contributed by atoms with Crippen LogP contribution in [0.4, 0.5) is 8.78 Å². The number of hydrogen-bond donors (Lipinski definition) is 2. The quantitative estimate of drug-likeness (QED) is 0.568. The molecule has 0 aliphatic rings. The molecule has 0 saturated heterocycles. The predicted molar refractivity (Wildman–Crippen MR) is 108 cm³/mol. The van der Waals surface area contributed by atoms with Crippen LogP contribution in [0.2, 0.25) is 0 Å². The van der Waals surface area contributed by atoms with Crippen LogP contribution in [0.3, 0.4) is 0 Å². The van der Waals surface area contributed by atoms with E-state index in [1.54, 1.807) is 45.2 Å². The Bertz CT molecular complexity index is 1110. The topological polar surface area (TPSA) is 76.4 Å². The molecule has 0 bridgehead atoms. The third-order valence-electron chi connectivity index (χ3n) is 4.61. The Morgan fingerprint density at radius 1 is 1.23 bits per heavy atom. The second-order valence-corrected chi connectivity index (χ2v) is 6.81. The van der Waals surface area contributed by atoms with Gasteiger partial charge in [-0.1, -0.05) is 36.9 Å². The molecule has 0 fully saturated rings. The van der Waals surface area contributed by atoms with Crippen LogP contribution in [-0.4, -0.2) is 20.8 Å². The van der Waals surface area contributed by atoms with Crippen molar-refractivity contribution >= 4 is 11.7 Å². The number of aromatic nitrogens is 2. The van der Waals surface area contributed by atoms with Crippen molar-refractivity contribution in [1.82, 2.24) is 15.1 Å². The van der Waals surface area contributed by atoms with Crippen LogP contribution < -0.4 is 10.1 Å². The Hall–Kier alpha value is -3.68. The molecule has 0 saturated carbocycles. The maximum Gasteiger partial charge on any atom is 0.259 e. The zero-order valence-electron chi connectivity index (χ0n) is 16.7. The van der Waals surface area contributed by atoms with Crippen LogP contribution in [0.1, 0.15) is 40.1 Å². The van der Waals surface area contributed by atoms with Gasteiger partial charge in [0.15, 0.2) is 11.6 Å². The van der Waals surface area contributed by atoms with Crippen LogP contribution in [0.5, 0.6) is 11.6 Å². The summed E-state index contributed by atoms with van der Waals surface area (Å²) in [7, 11) is 1.54. The van der Waals surface area contributed by atoms with Gasteiger partial charge in [0.25, 0.3) is 5.91 Å². The Balaban J connectivity index is 1.85. The summed E-state index contributed by atoms with van der Waals surface area (Å²) in [5, 5.41) is 16.4. The molecule has 0 radical (unpaired) electrons. The lowest BCUT2D eigenvalue weighted by atomic mass is 10.0. The Morgan fingerprint density at radius 2 is 1.90 bits per heavy atom. The van der Waals surface area contributed by atoms with E-state index in [1.165, 1.54) is 16.8 Å². The first kappa shape index (κ1) is 21.0. The lowest BCUT2D eigenvalue weighted by molar-refractivity contribution is 0.0936. The fraction of sp³-hybridized carbons (Fsp3) is 0.182. The highest BCUT2D eigenvalue weighted by Crippen LogP contribution is 2.30. The molecule has 0 unspecified atom stereocenters. The third-order valence-corrected chi connectivity index (χ3v) is 4.61. The van der Waals surface area contributed by atoms with E-state index in [0.29, 0.717) is 11.3 Å². The van der Waals surface area contributed by atoms with Gasteiger partial charge in [-0.25, -0.2) is 9.07 Å². The SMILES string of the molecule is C=C(O)c1ccc([C@H](C)NC(=O)c2c(C)nn(C)c2Oc2cccc(F)c2F)cc1. The maximum atomic E-state index is 14.0. The number of carbonyl (C=O) groups excluding carboxylic acids is 1. The number of halogens is 2. The van der Waals surface area contributed by atoms with Gasteiger partial charge in [-0.2, -0.15) is 9.49 Å². The van der Waals surface area contributed by atoms with E-state index in [4.69, 9.17) is 4.74 Å². The van der Waals surface area contributed by atoms with E-state index >= 15 is 0 Å². The van der Waals surface area contributed by atoms with Gasteiger partial charge >= 0.3 is 0 Å². The molecule has 1 aromatic heterocycles. The monoisotopic (exact) mass is 413 g/mol. The maximum absolute atomic E-state index is 14.0. The Labute approximate surface area is 172 Å². The molecular weight excluding hydrogens is 392 g/mol. The molecule has 0 aliphatic carbocycles. The zero-order chi connectivity index (χ0) is 22.0. The van der Waals surface area contributed by atoms with Crippen molar-refractivity contribution in [3.05, 3.63) is 83.1 Å². The minimum absolute atomic E-state index is 0.00590. The average molecular weight is 413 g/mol. The van der Waals surface area contributed by atoms with Crippen molar-refractivity contribution in [2.75, 3.05) is 0 Å². The summed E-state index contributed by atoms with van der Waals surface area (Å²) in [5.41, 5.74) is 1.87. The number of nitrogens with zero attached hydrogens (tertiary/aromatic N) is 2. The number of carbonyl (C=O) groups is 1. The summed E-state index contributed by atoms with van der Waals surface area (Å²) in [6.07, 6.45) is 0. The Kier molecular flexibility index (Phi) is 5.86. The smallest absolute Gasteiger partial charge is 0.259 e. The summed E-state index contributed by atoms with van der Waals surface area (Å²) < 4.78 is 34.3. The van der Waals surface area contributed by atoms with E-state index in [1.807, 2.05) is 0 Å². The van der Waals surface area contributed by atoms with Crippen molar-refractivity contribution in [3.63, 3.8) is 0 Å².